The van der Waals surface area contributed by atoms with Crippen LogP contribution < -0.4 is 0 Å². The van der Waals surface area contributed by atoms with Gasteiger partial charge in [0.2, 0.25) is 0 Å². The number of aryl methyl sites for hydroxylation is 1. The quantitative estimate of drug-likeness (QED) is 0.777. The van der Waals surface area contributed by atoms with E-state index in [2.05, 4.69) is 9.97 Å². The van der Waals surface area contributed by atoms with Crippen molar-refractivity contribution in [1.82, 2.24) is 9.97 Å². The van der Waals surface area contributed by atoms with E-state index >= 15 is 0 Å². The Labute approximate surface area is 92.0 Å². The molecule has 0 aliphatic rings. The molecule has 82 valence electrons. The summed E-state index contributed by atoms with van der Waals surface area (Å²) in [5.74, 6) is -1.66. The molecule has 0 unspecified atom stereocenters. The maximum atomic E-state index is 13.0. The Kier molecular flexibility index (Phi) is 2.90. The van der Waals surface area contributed by atoms with E-state index in [1.807, 2.05) is 6.92 Å². The fourth-order valence-electron chi connectivity index (χ4n) is 1.46. The van der Waals surface area contributed by atoms with Crippen molar-refractivity contribution in [1.29, 1.82) is 0 Å². The number of hydrogen-bond donors (Lipinski definition) is 0. The summed E-state index contributed by atoms with van der Waals surface area (Å²) in [5.41, 5.74) is 2.46. The van der Waals surface area contributed by atoms with E-state index in [-0.39, 0.29) is 0 Å². The number of aromatic nitrogens is 2. The molecule has 0 amide bonds. The number of benzene rings is 1. The van der Waals surface area contributed by atoms with E-state index in [0.29, 0.717) is 12.0 Å². The molecular formula is C12H10F2N2. The van der Waals surface area contributed by atoms with Crippen LogP contribution in [0.5, 0.6) is 0 Å². The molecule has 0 radical (unpaired) electrons. The van der Waals surface area contributed by atoms with Gasteiger partial charge in [-0.3, -0.25) is 0 Å². The highest BCUT2D eigenvalue weighted by Gasteiger charge is 2.05. The van der Waals surface area contributed by atoms with Gasteiger partial charge in [-0.1, -0.05) is 6.07 Å². The predicted octanol–water partition coefficient (Wildman–Crippen LogP) is 2.65. The highest BCUT2D eigenvalue weighted by molar-refractivity contribution is 5.27. The second kappa shape index (κ2) is 4.35. The highest BCUT2D eigenvalue weighted by atomic mass is 19.2. The minimum atomic E-state index is -0.829. The van der Waals surface area contributed by atoms with Crippen molar-refractivity contribution >= 4 is 0 Å². The highest BCUT2D eigenvalue weighted by Crippen LogP contribution is 2.14. The molecule has 1 heterocycles. The van der Waals surface area contributed by atoms with Gasteiger partial charge in [0, 0.05) is 18.3 Å². The van der Waals surface area contributed by atoms with Crippen LogP contribution in [0, 0.1) is 18.6 Å². The van der Waals surface area contributed by atoms with Crippen LogP contribution in [0.4, 0.5) is 8.78 Å². The molecule has 0 saturated carbocycles. The molecule has 1 aromatic carbocycles. The Hall–Kier alpha value is -1.84. The van der Waals surface area contributed by atoms with E-state index < -0.39 is 11.6 Å². The Balaban J connectivity index is 2.28. The van der Waals surface area contributed by atoms with Crippen LogP contribution >= 0.6 is 0 Å². The molecule has 0 aliphatic heterocycles. The SMILES string of the molecule is Cc1ncncc1Cc1ccc(F)c(F)c1. The van der Waals surface area contributed by atoms with Crippen LogP contribution in [-0.2, 0) is 6.42 Å². The fourth-order valence-corrected chi connectivity index (χ4v) is 1.46. The zero-order valence-electron chi connectivity index (χ0n) is 8.74. The summed E-state index contributed by atoms with van der Waals surface area (Å²) in [4.78, 5) is 7.94. The fraction of sp³-hybridized carbons (Fsp3) is 0.167. The largest absolute Gasteiger partial charge is 0.245 e. The molecule has 2 rings (SSSR count). The number of hydrogen-bond acceptors (Lipinski definition) is 2. The second-order valence-electron chi connectivity index (χ2n) is 3.56. The lowest BCUT2D eigenvalue weighted by atomic mass is 10.1. The van der Waals surface area contributed by atoms with Crippen molar-refractivity contribution < 1.29 is 8.78 Å². The van der Waals surface area contributed by atoms with Gasteiger partial charge in [0.1, 0.15) is 6.33 Å². The molecule has 0 atom stereocenters. The molecule has 1 aromatic heterocycles. The Morgan fingerprint density at radius 3 is 2.69 bits per heavy atom. The van der Waals surface area contributed by atoms with Gasteiger partial charge >= 0.3 is 0 Å². The lowest BCUT2D eigenvalue weighted by Crippen LogP contribution is -1.96. The van der Waals surface area contributed by atoms with Gasteiger partial charge in [0.15, 0.2) is 11.6 Å². The zero-order valence-corrected chi connectivity index (χ0v) is 8.74. The van der Waals surface area contributed by atoms with E-state index in [4.69, 9.17) is 0 Å². The lowest BCUT2D eigenvalue weighted by molar-refractivity contribution is 0.507. The van der Waals surface area contributed by atoms with E-state index in [1.165, 1.54) is 12.4 Å². The predicted molar refractivity (Wildman–Crippen MR) is 55.9 cm³/mol. The molecule has 0 N–H and O–H groups in total. The monoisotopic (exact) mass is 220 g/mol. The molecule has 0 fully saturated rings. The summed E-state index contributed by atoms with van der Waals surface area (Å²) in [7, 11) is 0. The average Bonchev–Trinajstić information content (AvgIpc) is 2.27. The van der Waals surface area contributed by atoms with E-state index in [9.17, 15) is 8.78 Å². The van der Waals surface area contributed by atoms with Crippen molar-refractivity contribution in [2.45, 2.75) is 13.3 Å². The van der Waals surface area contributed by atoms with Gasteiger partial charge in [-0.25, -0.2) is 18.7 Å². The van der Waals surface area contributed by atoms with Gasteiger partial charge in [-0.2, -0.15) is 0 Å². The van der Waals surface area contributed by atoms with E-state index in [1.54, 1.807) is 12.3 Å². The molecular weight excluding hydrogens is 210 g/mol. The summed E-state index contributed by atoms with van der Waals surface area (Å²) in [6, 6.07) is 3.89. The topological polar surface area (TPSA) is 25.8 Å². The smallest absolute Gasteiger partial charge is 0.159 e. The first-order valence-corrected chi connectivity index (χ1v) is 4.86. The van der Waals surface area contributed by atoms with Crippen LogP contribution in [-0.4, -0.2) is 9.97 Å². The lowest BCUT2D eigenvalue weighted by Gasteiger charge is -2.04. The van der Waals surface area contributed by atoms with Crippen molar-refractivity contribution in [3.8, 4) is 0 Å². The van der Waals surface area contributed by atoms with Gasteiger partial charge in [0.05, 0.1) is 0 Å². The Bertz CT molecular complexity index is 512. The summed E-state index contributed by atoms with van der Waals surface area (Å²) in [5, 5.41) is 0. The third-order valence-corrected chi connectivity index (χ3v) is 2.39. The van der Waals surface area contributed by atoms with Crippen LogP contribution in [0.15, 0.2) is 30.7 Å². The molecule has 0 bridgehead atoms. The van der Waals surface area contributed by atoms with Crippen LogP contribution in [0.2, 0.25) is 0 Å². The number of rotatable bonds is 2. The van der Waals surface area contributed by atoms with Crippen molar-refractivity contribution in [3.05, 3.63) is 59.2 Å². The van der Waals surface area contributed by atoms with Gasteiger partial charge in [-0.15, -0.1) is 0 Å². The average molecular weight is 220 g/mol. The normalized spacial score (nSPS) is 10.4. The van der Waals surface area contributed by atoms with Crippen molar-refractivity contribution in [2.75, 3.05) is 0 Å². The summed E-state index contributed by atoms with van der Waals surface area (Å²) >= 11 is 0. The molecule has 2 aromatic rings. The third kappa shape index (κ3) is 2.21. The second-order valence-corrected chi connectivity index (χ2v) is 3.56. The first-order chi connectivity index (χ1) is 7.66. The van der Waals surface area contributed by atoms with Gasteiger partial charge < -0.3 is 0 Å². The first kappa shape index (κ1) is 10.7. The number of nitrogens with zero attached hydrogens (tertiary/aromatic N) is 2. The standard InChI is InChI=1S/C12H10F2N2/c1-8-10(6-15-7-16-8)4-9-2-3-11(13)12(14)5-9/h2-3,5-7H,4H2,1H3. The third-order valence-electron chi connectivity index (χ3n) is 2.39. The number of halogens is 2. The molecule has 4 heteroatoms. The molecule has 0 spiro atoms. The molecule has 0 aliphatic carbocycles. The minimum absolute atomic E-state index is 0.504. The van der Waals surface area contributed by atoms with Gasteiger partial charge in [0.25, 0.3) is 0 Å². The zero-order chi connectivity index (χ0) is 11.5. The molecule has 0 saturated heterocycles. The van der Waals surface area contributed by atoms with E-state index in [0.717, 1.165) is 17.3 Å². The van der Waals surface area contributed by atoms with Crippen molar-refractivity contribution in [3.63, 3.8) is 0 Å². The minimum Gasteiger partial charge on any atom is -0.245 e. The van der Waals surface area contributed by atoms with Gasteiger partial charge in [-0.05, 0) is 30.2 Å². The van der Waals surface area contributed by atoms with Crippen molar-refractivity contribution in [2.24, 2.45) is 0 Å². The first-order valence-electron chi connectivity index (χ1n) is 4.86. The Morgan fingerprint density at radius 2 is 2.00 bits per heavy atom. The molecule has 16 heavy (non-hydrogen) atoms. The van der Waals surface area contributed by atoms with Crippen LogP contribution in [0.25, 0.3) is 0 Å². The maximum Gasteiger partial charge on any atom is 0.159 e. The summed E-state index contributed by atoms with van der Waals surface area (Å²) in [6.07, 6.45) is 3.65. The van der Waals surface area contributed by atoms with Crippen LogP contribution in [0.3, 0.4) is 0 Å². The molecule has 2 nitrogen and oxygen atoms in total. The summed E-state index contributed by atoms with van der Waals surface area (Å²) in [6.45, 7) is 1.86. The maximum absolute atomic E-state index is 13.0. The summed E-state index contributed by atoms with van der Waals surface area (Å²) < 4.78 is 25.7. The Morgan fingerprint density at radius 1 is 1.19 bits per heavy atom. The van der Waals surface area contributed by atoms with Crippen LogP contribution in [0.1, 0.15) is 16.8 Å².